The van der Waals surface area contributed by atoms with Gasteiger partial charge in [-0.1, -0.05) is 135 Å². The van der Waals surface area contributed by atoms with Gasteiger partial charge in [0.15, 0.2) is 0 Å². The van der Waals surface area contributed by atoms with Crippen molar-refractivity contribution in [2.45, 2.75) is 13.2 Å². The molecule has 0 aliphatic carbocycles. The van der Waals surface area contributed by atoms with Gasteiger partial charge in [-0.3, -0.25) is 0 Å². The largest absolute Gasteiger partial charge is 0.489 e. The summed E-state index contributed by atoms with van der Waals surface area (Å²) in [5, 5.41) is 4.78. The SMILES string of the molecule is C=Cc1ccc(COc2ccc3c4ccccc4n(-c4cccc(-c5cccc(-n6c7ccccc7c7ccc(OCc8ccc(C=C)cc8)cc76)c5)c4)c3c2)cc1. The van der Waals surface area contributed by atoms with Gasteiger partial charge in [-0.25, -0.2) is 0 Å². The quantitative estimate of drug-likeness (QED) is 0.132. The molecule has 0 aliphatic rings. The minimum absolute atomic E-state index is 0.486. The van der Waals surface area contributed by atoms with Crippen LogP contribution < -0.4 is 9.47 Å². The standard InChI is InChI=1S/C54H40N2O2/c1-3-37-19-23-39(24-20-37)35-57-45-27-29-49-47-15-5-7-17-51(47)55(53(49)33-45)43-13-9-11-41(31-43)42-12-10-14-44(32-42)56-52-18-8-6-16-48(52)50-30-28-46(34-54(50)56)58-36-40-25-21-38(4-2)22-26-40/h3-34H,1-2,35-36H2. The predicted octanol–water partition coefficient (Wildman–Crippen LogP) is 14.0. The van der Waals surface area contributed by atoms with Crippen LogP contribution in [0.2, 0.25) is 0 Å². The molecule has 58 heavy (non-hydrogen) atoms. The average Bonchev–Trinajstić information content (AvgIpc) is 3.80. The second-order valence-electron chi connectivity index (χ2n) is 14.6. The molecule has 2 heterocycles. The van der Waals surface area contributed by atoms with E-state index in [9.17, 15) is 0 Å². The average molecular weight is 749 g/mol. The Hall–Kier alpha value is -7.56. The molecule has 4 heteroatoms. The van der Waals surface area contributed by atoms with Crippen LogP contribution >= 0.6 is 0 Å². The molecule has 0 aliphatic heterocycles. The topological polar surface area (TPSA) is 28.3 Å². The van der Waals surface area contributed by atoms with Crippen LogP contribution in [0.1, 0.15) is 22.3 Å². The summed E-state index contributed by atoms with van der Waals surface area (Å²) >= 11 is 0. The van der Waals surface area contributed by atoms with Gasteiger partial charge in [0, 0.05) is 45.1 Å². The van der Waals surface area contributed by atoms with Gasteiger partial charge in [0.1, 0.15) is 24.7 Å². The van der Waals surface area contributed by atoms with E-state index in [2.05, 4.69) is 204 Å². The minimum atomic E-state index is 0.486. The highest BCUT2D eigenvalue weighted by atomic mass is 16.5. The predicted molar refractivity (Wildman–Crippen MR) is 242 cm³/mol. The van der Waals surface area contributed by atoms with Crippen LogP contribution in [0.3, 0.4) is 0 Å². The third kappa shape index (κ3) is 6.41. The number of hydrogen-bond donors (Lipinski definition) is 0. The van der Waals surface area contributed by atoms with Crippen molar-refractivity contribution >= 4 is 55.8 Å². The van der Waals surface area contributed by atoms with Crippen LogP contribution in [0.4, 0.5) is 0 Å². The molecule has 0 bridgehead atoms. The van der Waals surface area contributed by atoms with Gasteiger partial charge in [0.25, 0.3) is 0 Å². The Bertz CT molecular complexity index is 2930. The maximum Gasteiger partial charge on any atom is 0.121 e. The lowest BCUT2D eigenvalue weighted by atomic mass is 10.0. The maximum atomic E-state index is 6.36. The van der Waals surface area contributed by atoms with E-state index >= 15 is 0 Å². The summed E-state index contributed by atoms with van der Waals surface area (Å²) < 4.78 is 17.4. The van der Waals surface area contributed by atoms with Gasteiger partial charge in [-0.05, 0) is 94.0 Å². The van der Waals surface area contributed by atoms with E-state index in [-0.39, 0.29) is 0 Å². The number of fused-ring (bicyclic) bond motifs is 6. The molecule has 0 fully saturated rings. The van der Waals surface area contributed by atoms with Crippen molar-refractivity contribution in [2.75, 3.05) is 0 Å². The van der Waals surface area contributed by atoms with E-state index in [1.54, 1.807) is 0 Å². The normalized spacial score (nSPS) is 11.4. The highest BCUT2D eigenvalue weighted by Crippen LogP contribution is 2.38. The van der Waals surface area contributed by atoms with Crippen molar-refractivity contribution in [1.29, 1.82) is 0 Å². The van der Waals surface area contributed by atoms with E-state index < -0.39 is 0 Å². The van der Waals surface area contributed by atoms with Crippen molar-refractivity contribution < 1.29 is 9.47 Å². The van der Waals surface area contributed by atoms with E-state index in [0.717, 1.165) is 78.3 Å². The van der Waals surface area contributed by atoms with Crippen molar-refractivity contribution in [3.8, 4) is 34.0 Å². The first-order valence-electron chi connectivity index (χ1n) is 19.6. The zero-order valence-electron chi connectivity index (χ0n) is 32.0. The highest BCUT2D eigenvalue weighted by Gasteiger charge is 2.16. The molecular formula is C54H40N2O2. The zero-order valence-corrected chi connectivity index (χ0v) is 32.0. The van der Waals surface area contributed by atoms with Gasteiger partial charge in [0.05, 0.1) is 22.1 Å². The number of rotatable bonds is 11. The first kappa shape index (κ1) is 34.9. The molecule has 8 aromatic carbocycles. The zero-order chi connectivity index (χ0) is 39.0. The van der Waals surface area contributed by atoms with Gasteiger partial charge in [-0.2, -0.15) is 0 Å². The Labute approximate surface area is 337 Å². The number of para-hydroxylation sites is 2. The van der Waals surface area contributed by atoms with E-state index in [4.69, 9.17) is 9.47 Å². The highest BCUT2D eigenvalue weighted by molar-refractivity contribution is 6.10. The third-order valence-corrected chi connectivity index (χ3v) is 11.1. The molecule has 10 aromatic rings. The van der Waals surface area contributed by atoms with E-state index in [1.165, 1.54) is 21.5 Å². The summed E-state index contributed by atoms with van der Waals surface area (Å²) in [5.74, 6) is 1.66. The molecule has 0 saturated carbocycles. The van der Waals surface area contributed by atoms with E-state index in [0.29, 0.717) is 13.2 Å². The van der Waals surface area contributed by atoms with Crippen molar-refractivity contribution in [1.82, 2.24) is 9.13 Å². The van der Waals surface area contributed by atoms with Crippen LogP contribution in [0.25, 0.3) is 78.3 Å². The monoisotopic (exact) mass is 748 g/mol. The third-order valence-electron chi connectivity index (χ3n) is 11.1. The summed E-state index contributed by atoms with van der Waals surface area (Å²) in [6.07, 6.45) is 3.71. The Balaban J connectivity index is 1.01. The minimum Gasteiger partial charge on any atom is -0.489 e. The first-order chi connectivity index (χ1) is 28.6. The van der Waals surface area contributed by atoms with Crippen LogP contribution in [-0.4, -0.2) is 9.13 Å². The summed E-state index contributed by atoms with van der Waals surface area (Å²) in [5.41, 5.74) is 13.4. The van der Waals surface area contributed by atoms with Gasteiger partial charge in [0.2, 0.25) is 0 Å². The molecule has 0 amide bonds. The van der Waals surface area contributed by atoms with Gasteiger partial charge >= 0.3 is 0 Å². The number of nitrogens with zero attached hydrogens (tertiary/aromatic N) is 2. The summed E-state index contributed by atoms with van der Waals surface area (Å²) in [6, 6.07) is 64.4. The fourth-order valence-corrected chi connectivity index (χ4v) is 8.12. The Morgan fingerprint density at radius 3 is 1.22 bits per heavy atom. The van der Waals surface area contributed by atoms with Crippen molar-refractivity contribution in [3.63, 3.8) is 0 Å². The molecule has 0 unspecified atom stereocenters. The maximum absolute atomic E-state index is 6.36. The van der Waals surface area contributed by atoms with Gasteiger partial charge in [-0.15, -0.1) is 0 Å². The Morgan fingerprint density at radius 1 is 0.379 bits per heavy atom. The number of aromatic nitrogens is 2. The molecule has 0 N–H and O–H groups in total. The van der Waals surface area contributed by atoms with Crippen LogP contribution in [0.15, 0.2) is 195 Å². The molecule has 0 spiro atoms. The molecule has 4 nitrogen and oxygen atoms in total. The number of benzene rings is 8. The second-order valence-corrected chi connectivity index (χ2v) is 14.6. The molecule has 0 saturated heterocycles. The smallest absolute Gasteiger partial charge is 0.121 e. The molecule has 2 aromatic heterocycles. The fraction of sp³-hybridized carbons (Fsp3) is 0.0370. The lowest BCUT2D eigenvalue weighted by Gasteiger charge is -2.13. The van der Waals surface area contributed by atoms with Crippen molar-refractivity contribution in [3.05, 3.63) is 217 Å². The molecule has 10 rings (SSSR count). The molecule has 0 atom stereocenters. The van der Waals surface area contributed by atoms with Crippen LogP contribution in [-0.2, 0) is 13.2 Å². The lowest BCUT2D eigenvalue weighted by Crippen LogP contribution is -1.98. The van der Waals surface area contributed by atoms with Crippen molar-refractivity contribution in [2.24, 2.45) is 0 Å². The fourth-order valence-electron chi connectivity index (χ4n) is 8.12. The van der Waals surface area contributed by atoms with Crippen LogP contribution in [0.5, 0.6) is 11.5 Å². The number of ether oxygens (including phenoxy) is 2. The molecule has 0 radical (unpaired) electrons. The lowest BCUT2D eigenvalue weighted by molar-refractivity contribution is 0.306. The molecule has 278 valence electrons. The number of hydrogen-bond acceptors (Lipinski definition) is 2. The Morgan fingerprint density at radius 2 is 0.793 bits per heavy atom. The molecular weight excluding hydrogens is 709 g/mol. The first-order valence-corrected chi connectivity index (χ1v) is 19.6. The van der Waals surface area contributed by atoms with E-state index in [1.807, 2.05) is 12.2 Å². The summed E-state index contributed by atoms with van der Waals surface area (Å²) in [6.45, 7) is 8.71. The van der Waals surface area contributed by atoms with Crippen LogP contribution in [0, 0.1) is 0 Å². The summed E-state index contributed by atoms with van der Waals surface area (Å²) in [7, 11) is 0. The van der Waals surface area contributed by atoms with Gasteiger partial charge < -0.3 is 18.6 Å². The second kappa shape index (κ2) is 14.8. The summed E-state index contributed by atoms with van der Waals surface area (Å²) in [4.78, 5) is 0. The Kier molecular flexibility index (Phi) is 8.92.